The van der Waals surface area contributed by atoms with Crippen molar-refractivity contribution < 1.29 is 5.11 Å². The van der Waals surface area contributed by atoms with Crippen molar-refractivity contribution in [1.82, 2.24) is 0 Å². The molecule has 2 aromatic carbocycles. The van der Waals surface area contributed by atoms with Crippen LogP contribution in [0.4, 0.5) is 0 Å². The number of benzene rings is 2. The quantitative estimate of drug-likeness (QED) is 0.785. The highest BCUT2D eigenvalue weighted by molar-refractivity contribution is 7.99. The molecule has 2 aromatic rings. The van der Waals surface area contributed by atoms with Gasteiger partial charge in [0.25, 0.3) is 0 Å². The standard InChI is InChI=1S/C18H22OS/c1-13(2)15-8-10-16(11-9-15)17(19)12-20-18-7-5-4-6-14(18)3/h4-11,13,17,19H,12H2,1-3H3. The van der Waals surface area contributed by atoms with Gasteiger partial charge in [-0.25, -0.2) is 0 Å². The van der Waals surface area contributed by atoms with Crippen LogP contribution in [0.2, 0.25) is 0 Å². The number of aliphatic hydroxyl groups excluding tert-OH is 1. The maximum absolute atomic E-state index is 10.3. The molecule has 0 aliphatic carbocycles. The van der Waals surface area contributed by atoms with Crippen LogP contribution in [-0.4, -0.2) is 10.9 Å². The van der Waals surface area contributed by atoms with E-state index in [1.54, 1.807) is 11.8 Å². The summed E-state index contributed by atoms with van der Waals surface area (Å²) in [5, 5.41) is 10.3. The monoisotopic (exact) mass is 286 g/mol. The maximum Gasteiger partial charge on any atom is 0.0883 e. The molecule has 1 nitrogen and oxygen atoms in total. The highest BCUT2D eigenvalue weighted by atomic mass is 32.2. The Bertz CT molecular complexity index is 546. The van der Waals surface area contributed by atoms with Crippen molar-refractivity contribution in [2.45, 2.75) is 37.7 Å². The van der Waals surface area contributed by atoms with Crippen LogP contribution in [0.15, 0.2) is 53.4 Å². The fraction of sp³-hybridized carbons (Fsp3) is 0.333. The molecule has 0 heterocycles. The Labute approximate surface area is 126 Å². The molecule has 0 saturated heterocycles. The van der Waals surface area contributed by atoms with E-state index in [0.29, 0.717) is 11.7 Å². The van der Waals surface area contributed by atoms with Gasteiger partial charge in [-0.05, 0) is 35.6 Å². The predicted molar refractivity (Wildman–Crippen MR) is 87.4 cm³/mol. The van der Waals surface area contributed by atoms with Crippen molar-refractivity contribution in [2.24, 2.45) is 0 Å². The van der Waals surface area contributed by atoms with Gasteiger partial charge in [-0.2, -0.15) is 0 Å². The average molecular weight is 286 g/mol. The van der Waals surface area contributed by atoms with E-state index in [2.05, 4.69) is 45.0 Å². The van der Waals surface area contributed by atoms with Crippen molar-refractivity contribution in [3.63, 3.8) is 0 Å². The van der Waals surface area contributed by atoms with Crippen molar-refractivity contribution >= 4 is 11.8 Å². The van der Waals surface area contributed by atoms with Crippen molar-refractivity contribution in [2.75, 3.05) is 5.75 Å². The molecule has 0 fully saturated rings. The Morgan fingerprint density at radius 2 is 1.55 bits per heavy atom. The summed E-state index contributed by atoms with van der Waals surface area (Å²) >= 11 is 1.71. The van der Waals surface area contributed by atoms with Crippen LogP contribution in [0, 0.1) is 6.92 Å². The Kier molecular flexibility index (Phi) is 5.27. The SMILES string of the molecule is Cc1ccccc1SCC(O)c1ccc(C(C)C)cc1. The van der Waals surface area contributed by atoms with Gasteiger partial charge in [0.2, 0.25) is 0 Å². The summed E-state index contributed by atoms with van der Waals surface area (Å²) in [4.78, 5) is 1.24. The third-order valence-corrected chi connectivity index (χ3v) is 4.73. The van der Waals surface area contributed by atoms with Gasteiger partial charge in [-0.15, -0.1) is 11.8 Å². The summed E-state index contributed by atoms with van der Waals surface area (Å²) in [6, 6.07) is 16.6. The van der Waals surface area contributed by atoms with Crippen molar-refractivity contribution in [3.8, 4) is 0 Å². The lowest BCUT2D eigenvalue weighted by Crippen LogP contribution is -2.01. The molecule has 20 heavy (non-hydrogen) atoms. The minimum Gasteiger partial charge on any atom is -0.388 e. The molecule has 0 radical (unpaired) electrons. The van der Waals surface area contributed by atoms with Crippen LogP contribution >= 0.6 is 11.8 Å². The summed E-state index contributed by atoms with van der Waals surface area (Å²) < 4.78 is 0. The van der Waals surface area contributed by atoms with E-state index in [1.165, 1.54) is 16.0 Å². The van der Waals surface area contributed by atoms with E-state index in [0.717, 1.165) is 5.56 Å². The summed E-state index contributed by atoms with van der Waals surface area (Å²) in [7, 11) is 0. The minimum absolute atomic E-state index is 0.416. The van der Waals surface area contributed by atoms with Gasteiger partial charge in [0.05, 0.1) is 6.10 Å². The second-order valence-electron chi connectivity index (χ2n) is 5.41. The molecule has 0 aliphatic heterocycles. The zero-order valence-electron chi connectivity index (χ0n) is 12.3. The van der Waals surface area contributed by atoms with Gasteiger partial charge in [0.1, 0.15) is 0 Å². The molecule has 2 heteroatoms. The zero-order chi connectivity index (χ0) is 14.5. The van der Waals surface area contributed by atoms with E-state index in [4.69, 9.17) is 0 Å². The molecule has 0 bridgehead atoms. The van der Waals surface area contributed by atoms with Crippen LogP contribution in [0.25, 0.3) is 0 Å². The summed E-state index contributed by atoms with van der Waals surface area (Å²) in [6.07, 6.45) is -0.416. The molecule has 1 N–H and O–H groups in total. The topological polar surface area (TPSA) is 20.2 Å². The third kappa shape index (κ3) is 3.87. The molecule has 1 unspecified atom stereocenters. The molecule has 1 atom stereocenters. The molecule has 0 amide bonds. The highest BCUT2D eigenvalue weighted by Crippen LogP contribution is 2.27. The number of thioether (sulfide) groups is 1. The fourth-order valence-electron chi connectivity index (χ4n) is 2.09. The largest absolute Gasteiger partial charge is 0.388 e. The van der Waals surface area contributed by atoms with E-state index in [1.807, 2.05) is 24.3 Å². The van der Waals surface area contributed by atoms with Gasteiger partial charge >= 0.3 is 0 Å². The number of hydrogen-bond acceptors (Lipinski definition) is 2. The summed E-state index contributed by atoms with van der Waals surface area (Å²) in [5.41, 5.74) is 3.57. The minimum atomic E-state index is -0.416. The van der Waals surface area contributed by atoms with E-state index in [9.17, 15) is 5.11 Å². The lowest BCUT2D eigenvalue weighted by atomic mass is 10.0. The van der Waals surface area contributed by atoms with Gasteiger partial charge in [-0.1, -0.05) is 56.3 Å². The number of aryl methyl sites for hydroxylation is 1. The Hall–Kier alpha value is -1.25. The first-order valence-corrected chi connectivity index (χ1v) is 8.03. The Morgan fingerprint density at radius 1 is 0.950 bits per heavy atom. The molecular formula is C18H22OS. The fourth-order valence-corrected chi connectivity index (χ4v) is 3.09. The molecule has 0 saturated carbocycles. The zero-order valence-corrected chi connectivity index (χ0v) is 13.2. The smallest absolute Gasteiger partial charge is 0.0883 e. The second-order valence-corrected chi connectivity index (χ2v) is 6.48. The number of rotatable bonds is 5. The van der Waals surface area contributed by atoms with Gasteiger partial charge in [-0.3, -0.25) is 0 Å². The van der Waals surface area contributed by atoms with Crippen molar-refractivity contribution in [3.05, 3.63) is 65.2 Å². The third-order valence-electron chi connectivity index (χ3n) is 3.48. The van der Waals surface area contributed by atoms with Gasteiger partial charge < -0.3 is 5.11 Å². The van der Waals surface area contributed by atoms with Gasteiger partial charge in [0, 0.05) is 10.6 Å². The molecule has 2 rings (SSSR count). The first-order chi connectivity index (χ1) is 9.58. The first-order valence-electron chi connectivity index (χ1n) is 7.04. The maximum atomic E-state index is 10.3. The second kappa shape index (κ2) is 6.96. The average Bonchev–Trinajstić information content (AvgIpc) is 2.46. The summed E-state index contributed by atoms with van der Waals surface area (Å²) in [5.74, 6) is 1.22. The van der Waals surface area contributed by atoms with Gasteiger partial charge in [0.15, 0.2) is 0 Å². The van der Waals surface area contributed by atoms with E-state index >= 15 is 0 Å². The Balaban J connectivity index is 1.98. The Morgan fingerprint density at radius 3 is 2.15 bits per heavy atom. The lowest BCUT2D eigenvalue weighted by molar-refractivity contribution is 0.204. The van der Waals surface area contributed by atoms with Crippen LogP contribution < -0.4 is 0 Å². The molecule has 0 spiro atoms. The van der Waals surface area contributed by atoms with Crippen LogP contribution in [0.5, 0.6) is 0 Å². The molecule has 106 valence electrons. The molecule has 0 aromatic heterocycles. The normalized spacial score (nSPS) is 12.7. The highest BCUT2D eigenvalue weighted by Gasteiger charge is 2.09. The first kappa shape index (κ1) is 15.1. The number of hydrogen-bond donors (Lipinski definition) is 1. The van der Waals surface area contributed by atoms with Crippen molar-refractivity contribution in [1.29, 1.82) is 0 Å². The lowest BCUT2D eigenvalue weighted by Gasteiger charge is -2.13. The van der Waals surface area contributed by atoms with Crippen LogP contribution in [-0.2, 0) is 0 Å². The number of aliphatic hydroxyl groups is 1. The predicted octanol–water partition coefficient (Wildman–Crippen LogP) is 4.94. The van der Waals surface area contributed by atoms with Crippen LogP contribution in [0.3, 0.4) is 0 Å². The molecule has 0 aliphatic rings. The van der Waals surface area contributed by atoms with E-state index < -0.39 is 6.10 Å². The van der Waals surface area contributed by atoms with E-state index in [-0.39, 0.29) is 0 Å². The van der Waals surface area contributed by atoms with Crippen LogP contribution in [0.1, 0.15) is 42.6 Å². The molecular weight excluding hydrogens is 264 g/mol. The summed E-state index contributed by atoms with van der Waals surface area (Å²) in [6.45, 7) is 6.46.